The number of hydrogen-bond donors (Lipinski definition) is 2. The SMILES string of the molecule is O=C(O)c1cc(NC(=O)c2cccnc2F)ccc1F. The molecule has 1 amide bonds. The van der Waals surface area contributed by atoms with Crippen molar-refractivity contribution in [2.45, 2.75) is 0 Å². The molecule has 0 spiro atoms. The molecule has 0 aliphatic heterocycles. The summed E-state index contributed by atoms with van der Waals surface area (Å²) >= 11 is 0. The molecule has 20 heavy (non-hydrogen) atoms. The number of nitrogens with one attached hydrogen (secondary N) is 1. The molecule has 2 N–H and O–H groups in total. The lowest BCUT2D eigenvalue weighted by Crippen LogP contribution is -2.15. The summed E-state index contributed by atoms with van der Waals surface area (Å²) in [5.41, 5.74) is -0.847. The topological polar surface area (TPSA) is 79.3 Å². The summed E-state index contributed by atoms with van der Waals surface area (Å²) in [6.45, 7) is 0. The summed E-state index contributed by atoms with van der Waals surface area (Å²) in [6.07, 6.45) is 1.19. The summed E-state index contributed by atoms with van der Waals surface area (Å²) in [6, 6.07) is 5.63. The van der Waals surface area contributed by atoms with Gasteiger partial charge in [0.1, 0.15) is 5.82 Å². The number of carbonyl (C=O) groups excluding carboxylic acids is 1. The van der Waals surface area contributed by atoms with Crippen LogP contribution >= 0.6 is 0 Å². The van der Waals surface area contributed by atoms with Gasteiger partial charge in [0.15, 0.2) is 0 Å². The predicted molar refractivity (Wildman–Crippen MR) is 65.5 cm³/mol. The summed E-state index contributed by atoms with van der Waals surface area (Å²) in [5, 5.41) is 11.0. The van der Waals surface area contributed by atoms with E-state index in [2.05, 4.69) is 10.3 Å². The second-order valence-electron chi connectivity index (χ2n) is 3.80. The minimum absolute atomic E-state index is 0.0389. The van der Waals surface area contributed by atoms with Crippen LogP contribution in [0.2, 0.25) is 0 Å². The van der Waals surface area contributed by atoms with Crippen molar-refractivity contribution >= 4 is 17.6 Å². The number of carboxylic acid groups (broad SMARTS) is 1. The molecule has 0 fully saturated rings. The lowest BCUT2D eigenvalue weighted by molar-refractivity contribution is 0.0691. The van der Waals surface area contributed by atoms with Crippen molar-refractivity contribution in [3.63, 3.8) is 0 Å². The maximum atomic E-state index is 13.3. The van der Waals surface area contributed by atoms with Gasteiger partial charge in [0.2, 0.25) is 5.95 Å². The normalized spacial score (nSPS) is 10.1. The zero-order valence-electron chi connectivity index (χ0n) is 9.93. The van der Waals surface area contributed by atoms with E-state index in [9.17, 15) is 18.4 Å². The number of carbonyl (C=O) groups is 2. The molecule has 1 heterocycles. The number of aromatic nitrogens is 1. The Bertz CT molecular complexity index is 689. The first-order valence-corrected chi connectivity index (χ1v) is 5.44. The molecule has 1 aromatic carbocycles. The Morgan fingerprint density at radius 1 is 1.15 bits per heavy atom. The average molecular weight is 278 g/mol. The van der Waals surface area contributed by atoms with Gasteiger partial charge in [-0.15, -0.1) is 0 Å². The number of anilines is 1. The quantitative estimate of drug-likeness (QED) is 0.844. The molecule has 102 valence electrons. The van der Waals surface area contributed by atoms with Crippen LogP contribution in [0.5, 0.6) is 0 Å². The highest BCUT2D eigenvalue weighted by molar-refractivity contribution is 6.04. The first-order chi connectivity index (χ1) is 9.49. The summed E-state index contributed by atoms with van der Waals surface area (Å²) < 4.78 is 26.5. The van der Waals surface area contributed by atoms with E-state index in [1.807, 2.05) is 0 Å². The molecule has 1 aromatic heterocycles. The lowest BCUT2D eigenvalue weighted by Gasteiger charge is -2.07. The third kappa shape index (κ3) is 2.77. The molecule has 5 nitrogen and oxygen atoms in total. The van der Waals surface area contributed by atoms with Crippen molar-refractivity contribution in [3.05, 3.63) is 59.4 Å². The van der Waals surface area contributed by atoms with Gasteiger partial charge in [0.25, 0.3) is 5.91 Å². The first kappa shape index (κ1) is 13.6. The van der Waals surface area contributed by atoms with Gasteiger partial charge in [-0.05, 0) is 30.3 Å². The molecule has 7 heteroatoms. The van der Waals surface area contributed by atoms with E-state index in [-0.39, 0.29) is 11.3 Å². The Labute approximate surface area is 111 Å². The van der Waals surface area contributed by atoms with E-state index in [0.29, 0.717) is 0 Å². The van der Waals surface area contributed by atoms with Gasteiger partial charge < -0.3 is 10.4 Å². The third-order valence-electron chi connectivity index (χ3n) is 2.46. The molecule has 2 rings (SSSR count). The predicted octanol–water partition coefficient (Wildman–Crippen LogP) is 2.31. The number of nitrogens with zero attached hydrogens (tertiary/aromatic N) is 1. The maximum absolute atomic E-state index is 13.3. The van der Waals surface area contributed by atoms with Crippen molar-refractivity contribution in [3.8, 4) is 0 Å². The fourth-order valence-corrected chi connectivity index (χ4v) is 1.52. The van der Waals surface area contributed by atoms with Crippen molar-refractivity contribution in [2.24, 2.45) is 0 Å². The van der Waals surface area contributed by atoms with Gasteiger partial charge >= 0.3 is 5.97 Å². The van der Waals surface area contributed by atoms with Crippen LogP contribution in [0.15, 0.2) is 36.5 Å². The average Bonchev–Trinajstić information content (AvgIpc) is 2.41. The van der Waals surface area contributed by atoms with Gasteiger partial charge in [-0.3, -0.25) is 4.79 Å². The van der Waals surface area contributed by atoms with Crippen LogP contribution in [0.4, 0.5) is 14.5 Å². The van der Waals surface area contributed by atoms with Gasteiger partial charge in [-0.25, -0.2) is 14.2 Å². The maximum Gasteiger partial charge on any atom is 0.338 e. The number of amides is 1. The zero-order valence-corrected chi connectivity index (χ0v) is 9.93. The third-order valence-corrected chi connectivity index (χ3v) is 2.46. The molecule has 0 radical (unpaired) electrons. The van der Waals surface area contributed by atoms with Crippen molar-refractivity contribution in [2.75, 3.05) is 5.32 Å². The molecule has 0 bridgehead atoms. The van der Waals surface area contributed by atoms with E-state index in [1.165, 1.54) is 24.4 Å². The van der Waals surface area contributed by atoms with Crippen molar-refractivity contribution < 1.29 is 23.5 Å². The van der Waals surface area contributed by atoms with Crippen LogP contribution in [0.3, 0.4) is 0 Å². The van der Waals surface area contributed by atoms with E-state index < -0.39 is 29.2 Å². The van der Waals surface area contributed by atoms with Gasteiger partial charge in [-0.2, -0.15) is 4.39 Å². The van der Waals surface area contributed by atoms with Crippen LogP contribution in [-0.4, -0.2) is 22.0 Å². The van der Waals surface area contributed by atoms with E-state index in [1.54, 1.807) is 0 Å². The molecule has 0 saturated carbocycles. The number of benzene rings is 1. The number of rotatable bonds is 3. The molecule has 0 saturated heterocycles. The van der Waals surface area contributed by atoms with Crippen LogP contribution < -0.4 is 5.32 Å². The van der Waals surface area contributed by atoms with Gasteiger partial charge in [0.05, 0.1) is 11.1 Å². The number of pyridine rings is 1. The fraction of sp³-hybridized carbons (Fsp3) is 0. The van der Waals surface area contributed by atoms with Gasteiger partial charge in [-0.1, -0.05) is 0 Å². The first-order valence-electron chi connectivity index (χ1n) is 5.44. The minimum atomic E-state index is -1.47. The van der Waals surface area contributed by atoms with Crippen LogP contribution in [0, 0.1) is 11.8 Å². The van der Waals surface area contributed by atoms with E-state index >= 15 is 0 Å². The Morgan fingerprint density at radius 3 is 2.55 bits per heavy atom. The Hall–Kier alpha value is -2.83. The summed E-state index contributed by atoms with van der Waals surface area (Å²) in [5.74, 6) is -4.15. The molecule has 0 aliphatic rings. The second-order valence-corrected chi connectivity index (χ2v) is 3.80. The number of halogens is 2. The standard InChI is InChI=1S/C13H8F2N2O3/c14-10-4-3-7(6-9(10)13(19)20)17-12(18)8-2-1-5-16-11(8)15/h1-6H,(H,17,18)(H,19,20). The molecule has 0 unspecified atom stereocenters. The lowest BCUT2D eigenvalue weighted by atomic mass is 10.2. The number of aromatic carboxylic acids is 1. The molecular formula is C13H8F2N2O3. The molecule has 2 aromatic rings. The molecular weight excluding hydrogens is 270 g/mol. The summed E-state index contributed by atoms with van der Waals surface area (Å²) in [4.78, 5) is 25.8. The second kappa shape index (κ2) is 5.43. The molecule has 0 aliphatic carbocycles. The zero-order chi connectivity index (χ0) is 14.7. The van der Waals surface area contributed by atoms with Crippen LogP contribution in [0.1, 0.15) is 20.7 Å². The largest absolute Gasteiger partial charge is 0.478 e. The van der Waals surface area contributed by atoms with E-state index in [4.69, 9.17) is 5.11 Å². The Kier molecular flexibility index (Phi) is 3.69. The van der Waals surface area contributed by atoms with E-state index in [0.717, 1.165) is 12.1 Å². The summed E-state index contributed by atoms with van der Waals surface area (Å²) in [7, 11) is 0. The van der Waals surface area contributed by atoms with Crippen molar-refractivity contribution in [1.29, 1.82) is 0 Å². The Balaban J connectivity index is 2.27. The number of hydrogen-bond acceptors (Lipinski definition) is 3. The highest BCUT2D eigenvalue weighted by Gasteiger charge is 2.15. The number of carboxylic acids is 1. The highest BCUT2D eigenvalue weighted by atomic mass is 19.1. The van der Waals surface area contributed by atoms with Crippen molar-refractivity contribution in [1.82, 2.24) is 4.98 Å². The van der Waals surface area contributed by atoms with Crippen LogP contribution in [0.25, 0.3) is 0 Å². The smallest absolute Gasteiger partial charge is 0.338 e. The Morgan fingerprint density at radius 2 is 1.90 bits per heavy atom. The minimum Gasteiger partial charge on any atom is -0.478 e. The monoisotopic (exact) mass is 278 g/mol. The van der Waals surface area contributed by atoms with Gasteiger partial charge in [0, 0.05) is 11.9 Å². The fourth-order valence-electron chi connectivity index (χ4n) is 1.52. The van der Waals surface area contributed by atoms with Crippen LogP contribution in [-0.2, 0) is 0 Å². The molecule has 0 atom stereocenters. The highest BCUT2D eigenvalue weighted by Crippen LogP contribution is 2.16.